The van der Waals surface area contributed by atoms with Crippen LogP contribution in [0.4, 0.5) is 8.78 Å². The number of carboxylic acids is 1. The smallest absolute Gasteiger partial charge is 0.402 e. The quantitative estimate of drug-likeness (QED) is 0.859. The number of benzene rings is 1. The molecule has 88 valence electrons. The van der Waals surface area contributed by atoms with Gasteiger partial charge in [0, 0.05) is 0 Å². The van der Waals surface area contributed by atoms with Crippen LogP contribution in [0.2, 0.25) is 0 Å². The van der Waals surface area contributed by atoms with Gasteiger partial charge in [-0.1, -0.05) is 18.2 Å². The van der Waals surface area contributed by atoms with Crippen LogP contribution in [0.3, 0.4) is 0 Å². The second kappa shape index (κ2) is 3.89. The van der Waals surface area contributed by atoms with Crippen molar-refractivity contribution in [3.05, 3.63) is 36.2 Å². The number of tetrazole rings is 1. The lowest BCUT2D eigenvalue weighted by Crippen LogP contribution is -2.29. The molecule has 2 rings (SSSR count). The van der Waals surface area contributed by atoms with Crippen molar-refractivity contribution in [2.45, 2.75) is 5.92 Å². The summed E-state index contributed by atoms with van der Waals surface area (Å²) in [4.78, 5) is 10.4. The topological polar surface area (TPSA) is 80.9 Å². The van der Waals surface area contributed by atoms with Gasteiger partial charge in [0.1, 0.15) is 0 Å². The minimum atomic E-state index is -4.14. The molecule has 0 saturated carbocycles. The van der Waals surface area contributed by atoms with Gasteiger partial charge in [-0.05, 0) is 22.6 Å². The summed E-state index contributed by atoms with van der Waals surface area (Å²) in [5, 5.41) is 17.9. The van der Waals surface area contributed by atoms with Crippen LogP contribution in [0.25, 0.3) is 5.69 Å². The lowest BCUT2D eigenvalue weighted by atomic mass is 10.3. The van der Waals surface area contributed by atoms with Crippen LogP contribution < -0.4 is 0 Å². The van der Waals surface area contributed by atoms with E-state index in [2.05, 4.69) is 15.5 Å². The molecule has 0 aliphatic heterocycles. The molecule has 2 aromatic rings. The molecule has 6 nitrogen and oxygen atoms in total. The van der Waals surface area contributed by atoms with Crippen LogP contribution in [0.5, 0.6) is 0 Å². The summed E-state index contributed by atoms with van der Waals surface area (Å²) in [5.41, 5.74) is 0.258. The van der Waals surface area contributed by atoms with Crippen LogP contribution in [0.1, 0.15) is 5.82 Å². The molecule has 0 bridgehead atoms. The molecule has 1 aromatic heterocycles. The first-order valence-electron chi connectivity index (χ1n) is 4.49. The number of alkyl halides is 2. The van der Waals surface area contributed by atoms with Crippen LogP contribution >= 0.6 is 0 Å². The molecule has 17 heavy (non-hydrogen) atoms. The molecule has 1 N–H and O–H groups in total. The molecule has 1 aromatic carbocycles. The Labute approximate surface area is 93.5 Å². The minimum absolute atomic E-state index is 0.258. The zero-order valence-electron chi connectivity index (χ0n) is 8.29. The number of nitrogens with zero attached hydrogens (tertiary/aromatic N) is 4. The molecular weight excluding hydrogens is 234 g/mol. The van der Waals surface area contributed by atoms with Crippen molar-refractivity contribution in [2.24, 2.45) is 0 Å². The van der Waals surface area contributed by atoms with Crippen molar-refractivity contribution in [1.82, 2.24) is 20.2 Å². The third-order valence-electron chi connectivity index (χ3n) is 2.02. The lowest BCUT2D eigenvalue weighted by Gasteiger charge is -2.10. The Balaban J connectivity index is 2.53. The molecule has 1 heterocycles. The van der Waals surface area contributed by atoms with Crippen molar-refractivity contribution in [3.63, 3.8) is 0 Å². The fraction of sp³-hybridized carbons (Fsp3) is 0.111. The second-order valence-electron chi connectivity index (χ2n) is 3.13. The Kier molecular flexibility index (Phi) is 2.54. The molecule has 8 heteroatoms. The second-order valence-corrected chi connectivity index (χ2v) is 3.13. The SMILES string of the molecule is O=C(O)C(F)(F)c1nnnn1-c1ccccc1. The fourth-order valence-electron chi connectivity index (χ4n) is 1.22. The molecule has 0 aliphatic carbocycles. The number of para-hydroxylation sites is 1. The molecular formula is C9H6F2N4O2. The van der Waals surface area contributed by atoms with Crippen molar-refractivity contribution in [1.29, 1.82) is 0 Å². The highest BCUT2D eigenvalue weighted by atomic mass is 19.3. The summed E-state index contributed by atoms with van der Waals surface area (Å²) in [5.74, 6) is -7.47. The van der Waals surface area contributed by atoms with E-state index in [1.165, 1.54) is 12.1 Å². The van der Waals surface area contributed by atoms with E-state index in [1.54, 1.807) is 18.2 Å². The maximum atomic E-state index is 13.3. The summed E-state index contributed by atoms with van der Waals surface area (Å²) in [7, 11) is 0. The molecule has 0 fully saturated rings. The van der Waals surface area contributed by atoms with Gasteiger partial charge < -0.3 is 5.11 Å². The molecule has 0 unspecified atom stereocenters. The highest BCUT2D eigenvalue weighted by Crippen LogP contribution is 2.27. The summed E-state index contributed by atoms with van der Waals surface area (Å²) in [6, 6.07) is 7.85. The van der Waals surface area contributed by atoms with Crippen LogP contribution in [0.15, 0.2) is 30.3 Å². The molecule has 0 amide bonds. The fourth-order valence-corrected chi connectivity index (χ4v) is 1.22. The molecule has 0 atom stereocenters. The average molecular weight is 240 g/mol. The number of aliphatic carboxylic acids is 1. The number of rotatable bonds is 3. The zero-order chi connectivity index (χ0) is 12.5. The molecule has 0 aliphatic rings. The summed E-state index contributed by atoms with van der Waals surface area (Å²) in [6.45, 7) is 0. The molecule has 0 saturated heterocycles. The summed E-state index contributed by atoms with van der Waals surface area (Å²) < 4.78 is 27.3. The van der Waals surface area contributed by atoms with Crippen LogP contribution in [-0.2, 0) is 10.7 Å². The normalized spacial score (nSPS) is 11.4. The van der Waals surface area contributed by atoms with Gasteiger partial charge in [0.2, 0.25) is 5.82 Å². The Morgan fingerprint density at radius 3 is 2.53 bits per heavy atom. The Bertz CT molecular complexity index is 541. The van der Waals surface area contributed by atoms with Crippen molar-refractivity contribution >= 4 is 5.97 Å². The first-order valence-corrected chi connectivity index (χ1v) is 4.49. The lowest BCUT2D eigenvalue weighted by molar-refractivity contribution is -0.167. The first-order chi connectivity index (χ1) is 8.03. The number of hydrogen-bond acceptors (Lipinski definition) is 4. The van der Waals surface area contributed by atoms with E-state index >= 15 is 0 Å². The predicted octanol–water partition coefficient (Wildman–Crippen LogP) is 0.839. The van der Waals surface area contributed by atoms with E-state index in [1.807, 2.05) is 0 Å². The zero-order valence-corrected chi connectivity index (χ0v) is 8.29. The highest BCUT2D eigenvalue weighted by Gasteiger charge is 2.47. The first kappa shape index (κ1) is 11.1. The summed E-state index contributed by atoms with van der Waals surface area (Å²) in [6.07, 6.45) is 0. The standard InChI is InChI=1S/C9H6F2N4O2/c10-9(11,8(16)17)7-12-13-14-15(7)6-4-2-1-3-5-6/h1-5H,(H,16,17). The number of carboxylic acid groups (broad SMARTS) is 1. The predicted molar refractivity (Wildman–Crippen MR) is 50.7 cm³/mol. The third kappa shape index (κ3) is 1.84. The highest BCUT2D eigenvalue weighted by molar-refractivity contribution is 5.76. The van der Waals surface area contributed by atoms with E-state index in [-0.39, 0.29) is 5.69 Å². The van der Waals surface area contributed by atoms with Gasteiger partial charge >= 0.3 is 11.9 Å². The van der Waals surface area contributed by atoms with Gasteiger partial charge in [0.25, 0.3) is 0 Å². The maximum Gasteiger partial charge on any atom is 0.402 e. The molecule has 0 radical (unpaired) electrons. The number of hydrogen-bond donors (Lipinski definition) is 1. The maximum absolute atomic E-state index is 13.3. The third-order valence-corrected chi connectivity index (χ3v) is 2.02. The largest absolute Gasteiger partial charge is 0.476 e. The van der Waals surface area contributed by atoms with Gasteiger partial charge in [-0.3, -0.25) is 0 Å². The van der Waals surface area contributed by atoms with E-state index in [0.717, 1.165) is 0 Å². The van der Waals surface area contributed by atoms with Crippen molar-refractivity contribution in [2.75, 3.05) is 0 Å². The Morgan fingerprint density at radius 1 is 1.29 bits per heavy atom. The van der Waals surface area contributed by atoms with Crippen LogP contribution in [-0.4, -0.2) is 31.3 Å². The van der Waals surface area contributed by atoms with Crippen molar-refractivity contribution < 1.29 is 18.7 Å². The van der Waals surface area contributed by atoms with E-state index in [4.69, 9.17) is 5.11 Å². The van der Waals surface area contributed by atoms with E-state index in [0.29, 0.717) is 4.68 Å². The van der Waals surface area contributed by atoms with Crippen LogP contribution in [0, 0.1) is 0 Å². The Morgan fingerprint density at radius 2 is 1.94 bits per heavy atom. The van der Waals surface area contributed by atoms with Gasteiger partial charge in [-0.15, -0.1) is 5.10 Å². The number of carbonyl (C=O) groups is 1. The summed E-state index contributed by atoms with van der Waals surface area (Å²) >= 11 is 0. The average Bonchev–Trinajstić information content (AvgIpc) is 2.79. The van der Waals surface area contributed by atoms with Gasteiger partial charge in [-0.25, -0.2) is 4.79 Å². The van der Waals surface area contributed by atoms with E-state index in [9.17, 15) is 13.6 Å². The van der Waals surface area contributed by atoms with Gasteiger partial charge in [0.05, 0.1) is 5.69 Å². The number of halogens is 2. The monoisotopic (exact) mass is 240 g/mol. The Hall–Kier alpha value is -2.38. The van der Waals surface area contributed by atoms with E-state index < -0.39 is 17.7 Å². The number of aromatic nitrogens is 4. The van der Waals surface area contributed by atoms with Gasteiger partial charge in [-0.2, -0.15) is 13.5 Å². The van der Waals surface area contributed by atoms with Gasteiger partial charge in [0.15, 0.2) is 0 Å². The van der Waals surface area contributed by atoms with Crippen molar-refractivity contribution in [3.8, 4) is 5.69 Å². The minimum Gasteiger partial charge on any atom is -0.476 e. The molecule has 0 spiro atoms.